The topological polar surface area (TPSA) is 97.1 Å². The molecule has 1 unspecified atom stereocenters. The molecule has 0 aliphatic heterocycles. The lowest BCUT2D eigenvalue weighted by molar-refractivity contribution is 0.193. The number of nitrogens with zero attached hydrogens (tertiary/aromatic N) is 3. The summed E-state index contributed by atoms with van der Waals surface area (Å²) in [4.78, 5) is 32.6. The number of nitrogens with one attached hydrogen (secondary N) is 1. The molecule has 1 amide bonds. The fourth-order valence-electron chi connectivity index (χ4n) is 2.96. The Labute approximate surface area is 160 Å². The molecule has 1 aromatic carbocycles. The molecule has 2 N–H and O–H groups in total. The Hall–Kier alpha value is -2.93. The van der Waals surface area contributed by atoms with Crippen LogP contribution in [0.1, 0.15) is 19.2 Å². The van der Waals surface area contributed by atoms with Crippen LogP contribution in [0.15, 0.2) is 47.5 Å². The second kappa shape index (κ2) is 8.18. The summed E-state index contributed by atoms with van der Waals surface area (Å²) in [7, 11) is 0. The van der Waals surface area contributed by atoms with Crippen LogP contribution in [-0.2, 0) is 6.42 Å². The lowest BCUT2D eigenvalue weighted by Crippen LogP contribution is -2.27. The van der Waals surface area contributed by atoms with Crippen molar-refractivity contribution in [2.75, 3.05) is 6.54 Å². The van der Waals surface area contributed by atoms with Crippen molar-refractivity contribution in [1.82, 2.24) is 19.9 Å². The molecular weight excluding hydrogens is 368 g/mol. The van der Waals surface area contributed by atoms with Crippen LogP contribution in [0.3, 0.4) is 0 Å². The van der Waals surface area contributed by atoms with Crippen LogP contribution in [0.25, 0.3) is 16.6 Å². The van der Waals surface area contributed by atoms with Crippen LogP contribution in [0.2, 0.25) is 5.02 Å². The smallest absolute Gasteiger partial charge is 0.404 e. The average Bonchev–Trinajstić information content (AvgIpc) is 2.62. The minimum atomic E-state index is -1.05. The lowest BCUT2D eigenvalue weighted by atomic mass is 10.0. The summed E-state index contributed by atoms with van der Waals surface area (Å²) in [6, 6.07) is 8.73. The largest absolute Gasteiger partial charge is 0.465 e. The summed E-state index contributed by atoms with van der Waals surface area (Å²) in [5.41, 5.74) is 0.908. The minimum Gasteiger partial charge on any atom is -0.465 e. The van der Waals surface area contributed by atoms with Crippen LogP contribution < -0.4 is 10.9 Å². The highest BCUT2D eigenvalue weighted by atomic mass is 35.5. The number of amides is 1. The second-order valence-electron chi connectivity index (χ2n) is 6.34. The zero-order valence-electron chi connectivity index (χ0n) is 14.7. The standard InChI is InChI=1S/C19H19ClN4O3/c1-12(7-9-22-19(26)27)10-16-23-15-6-2-5-14(20)17(15)18(25)24(16)13-4-3-8-21-11-13/h2-6,8,11-12,22H,7,9-10H2,1H3,(H,26,27). The molecule has 0 saturated carbocycles. The molecule has 1 atom stereocenters. The Bertz CT molecular complexity index is 1020. The summed E-state index contributed by atoms with van der Waals surface area (Å²) in [5.74, 6) is 0.703. The van der Waals surface area contributed by atoms with Crippen molar-refractivity contribution in [2.24, 2.45) is 5.92 Å². The maximum Gasteiger partial charge on any atom is 0.404 e. The fourth-order valence-corrected chi connectivity index (χ4v) is 3.21. The number of hydrogen-bond donors (Lipinski definition) is 2. The van der Waals surface area contributed by atoms with Gasteiger partial charge in [-0.1, -0.05) is 24.6 Å². The minimum absolute atomic E-state index is 0.114. The van der Waals surface area contributed by atoms with Crippen molar-refractivity contribution < 1.29 is 9.90 Å². The lowest BCUT2D eigenvalue weighted by Gasteiger charge is -2.17. The third kappa shape index (κ3) is 4.25. The van der Waals surface area contributed by atoms with Crippen LogP contribution >= 0.6 is 11.6 Å². The van der Waals surface area contributed by atoms with Gasteiger partial charge in [-0.3, -0.25) is 14.3 Å². The van der Waals surface area contributed by atoms with E-state index >= 15 is 0 Å². The Morgan fingerprint density at radius 1 is 1.33 bits per heavy atom. The maximum atomic E-state index is 13.2. The van der Waals surface area contributed by atoms with Crippen molar-refractivity contribution >= 4 is 28.6 Å². The van der Waals surface area contributed by atoms with Gasteiger partial charge in [-0.05, 0) is 36.6 Å². The molecule has 8 heteroatoms. The van der Waals surface area contributed by atoms with E-state index in [1.54, 1.807) is 42.7 Å². The first kappa shape index (κ1) is 18.8. The van der Waals surface area contributed by atoms with Gasteiger partial charge in [-0.25, -0.2) is 9.78 Å². The number of hydrogen-bond acceptors (Lipinski definition) is 4. The van der Waals surface area contributed by atoms with Gasteiger partial charge < -0.3 is 10.4 Å². The number of carboxylic acid groups (broad SMARTS) is 1. The van der Waals surface area contributed by atoms with Crippen molar-refractivity contribution in [2.45, 2.75) is 19.8 Å². The molecule has 0 saturated heterocycles. The van der Waals surface area contributed by atoms with E-state index in [0.717, 1.165) is 0 Å². The number of pyridine rings is 1. The first-order chi connectivity index (χ1) is 13.0. The van der Waals surface area contributed by atoms with Gasteiger partial charge in [-0.2, -0.15) is 0 Å². The first-order valence-corrected chi connectivity index (χ1v) is 8.92. The van der Waals surface area contributed by atoms with Crippen molar-refractivity contribution in [3.05, 3.63) is 63.9 Å². The van der Waals surface area contributed by atoms with E-state index in [9.17, 15) is 9.59 Å². The second-order valence-corrected chi connectivity index (χ2v) is 6.75. The van der Waals surface area contributed by atoms with E-state index in [-0.39, 0.29) is 11.5 Å². The average molecular weight is 387 g/mol. The van der Waals surface area contributed by atoms with Crippen LogP contribution in [0.4, 0.5) is 4.79 Å². The first-order valence-electron chi connectivity index (χ1n) is 8.54. The number of halogens is 1. The van der Waals surface area contributed by atoms with Crippen molar-refractivity contribution in [3.63, 3.8) is 0 Å². The summed E-state index contributed by atoms with van der Waals surface area (Å²) in [6.45, 7) is 2.33. The predicted octanol–water partition coefficient (Wildman–Crippen LogP) is 3.27. The quantitative estimate of drug-likeness (QED) is 0.677. The number of benzene rings is 1. The molecule has 0 bridgehead atoms. The molecule has 140 valence electrons. The van der Waals surface area contributed by atoms with Crippen molar-refractivity contribution in [1.29, 1.82) is 0 Å². The molecule has 0 aliphatic carbocycles. The Balaban J connectivity index is 2.05. The third-order valence-electron chi connectivity index (χ3n) is 4.26. The monoisotopic (exact) mass is 386 g/mol. The van der Waals surface area contributed by atoms with Gasteiger partial charge in [0, 0.05) is 19.2 Å². The Kier molecular flexibility index (Phi) is 5.71. The van der Waals surface area contributed by atoms with Crippen LogP contribution in [-0.4, -0.2) is 32.3 Å². The fraction of sp³-hybridized carbons (Fsp3) is 0.263. The zero-order valence-corrected chi connectivity index (χ0v) is 15.5. The van der Waals surface area contributed by atoms with Gasteiger partial charge in [0.2, 0.25) is 0 Å². The Morgan fingerprint density at radius 2 is 2.15 bits per heavy atom. The molecule has 27 heavy (non-hydrogen) atoms. The van der Waals surface area contributed by atoms with E-state index in [1.807, 2.05) is 6.92 Å². The normalized spacial score (nSPS) is 12.1. The molecule has 0 radical (unpaired) electrons. The molecule has 0 spiro atoms. The number of aromatic nitrogens is 3. The van der Waals surface area contributed by atoms with Gasteiger partial charge in [-0.15, -0.1) is 0 Å². The van der Waals surface area contributed by atoms with Gasteiger partial charge in [0.15, 0.2) is 0 Å². The van der Waals surface area contributed by atoms with Crippen LogP contribution in [0, 0.1) is 5.92 Å². The van der Waals surface area contributed by atoms with Gasteiger partial charge in [0.25, 0.3) is 5.56 Å². The van der Waals surface area contributed by atoms with E-state index in [0.29, 0.717) is 46.8 Å². The molecule has 0 aliphatic rings. The molecule has 2 heterocycles. The molecule has 0 fully saturated rings. The van der Waals surface area contributed by atoms with E-state index in [1.165, 1.54) is 4.57 Å². The van der Waals surface area contributed by atoms with Gasteiger partial charge >= 0.3 is 6.09 Å². The summed E-state index contributed by atoms with van der Waals surface area (Å²) in [5, 5.41) is 11.8. The highest BCUT2D eigenvalue weighted by molar-refractivity contribution is 6.35. The molecule has 3 rings (SSSR count). The zero-order chi connectivity index (χ0) is 19.4. The highest BCUT2D eigenvalue weighted by Gasteiger charge is 2.17. The molecule has 7 nitrogen and oxygen atoms in total. The number of carbonyl (C=O) groups is 1. The van der Waals surface area contributed by atoms with Gasteiger partial charge in [0.1, 0.15) is 5.82 Å². The van der Waals surface area contributed by atoms with Crippen molar-refractivity contribution in [3.8, 4) is 5.69 Å². The summed E-state index contributed by atoms with van der Waals surface area (Å²) < 4.78 is 1.53. The molecule has 3 aromatic rings. The summed E-state index contributed by atoms with van der Waals surface area (Å²) >= 11 is 6.25. The predicted molar refractivity (Wildman–Crippen MR) is 104 cm³/mol. The maximum absolute atomic E-state index is 13.2. The van der Waals surface area contributed by atoms with Crippen LogP contribution in [0.5, 0.6) is 0 Å². The van der Waals surface area contributed by atoms with E-state index < -0.39 is 6.09 Å². The van der Waals surface area contributed by atoms with Gasteiger partial charge in [0.05, 0.1) is 27.8 Å². The highest BCUT2D eigenvalue weighted by Crippen LogP contribution is 2.21. The van der Waals surface area contributed by atoms with E-state index in [2.05, 4.69) is 15.3 Å². The molecular formula is C19H19ClN4O3. The number of rotatable bonds is 6. The Morgan fingerprint density at radius 3 is 2.85 bits per heavy atom. The summed E-state index contributed by atoms with van der Waals surface area (Å²) in [6.07, 6.45) is 3.33. The SMILES string of the molecule is CC(CCNC(=O)O)Cc1nc2cccc(Cl)c2c(=O)n1-c1cccnc1. The molecule has 2 aromatic heterocycles. The third-order valence-corrected chi connectivity index (χ3v) is 4.58. The number of fused-ring (bicyclic) bond motifs is 1. The van der Waals surface area contributed by atoms with E-state index in [4.69, 9.17) is 16.7 Å².